The highest BCUT2D eigenvalue weighted by atomic mass is 31.2. The number of halogens is 1. The number of benzene rings is 1. The van der Waals surface area contributed by atoms with E-state index in [1.165, 1.54) is 19.1 Å². The Balaban J connectivity index is 1.85. The van der Waals surface area contributed by atoms with Crippen molar-refractivity contribution in [2.75, 3.05) is 33.5 Å². The highest BCUT2D eigenvalue weighted by Crippen LogP contribution is 2.42. The first kappa shape index (κ1) is 24.8. The van der Waals surface area contributed by atoms with Gasteiger partial charge in [-0.25, -0.2) is 4.39 Å². The Kier molecular flexibility index (Phi) is 6.90. The van der Waals surface area contributed by atoms with Crippen molar-refractivity contribution in [2.24, 2.45) is 4.99 Å². The molecule has 0 atom stereocenters. The second-order valence-electron chi connectivity index (χ2n) is 9.06. The Morgan fingerprint density at radius 2 is 1.91 bits per heavy atom. The van der Waals surface area contributed by atoms with Crippen molar-refractivity contribution >= 4 is 29.9 Å². The molecule has 2 aromatic heterocycles. The predicted octanol–water partition coefficient (Wildman–Crippen LogP) is 3.45. The lowest BCUT2D eigenvalue weighted by molar-refractivity contribution is -0.131. The standard InChI is InChI=1S/C25H28FN4O4P/c1-16(31)34-23-21-20(18(9-11-28-21)15-35(3,4)33)24(27-2)30-14-13-29(25(32)22(23)30)12-10-17-5-7-19(26)8-6-17/h5-9,11H,10,12-15H2,1-4H3. The summed E-state index contributed by atoms with van der Waals surface area (Å²) in [5.41, 5.74) is 2.77. The number of fused-ring (bicyclic) bond motifs is 2. The molecule has 3 aromatic rings. The van der Waals surface area contributed by atoms with Gasteiger partial charge in [-0.1, -0.05) is 12.1 Å². The molecule has 0 saturated heterocycles. The number of ether oxygens (including phenoxy) is 1. The number of rotatable bonds is 6. The van der Waals surface area contributed by atoms with Gasteiger partial charge in [0, 0.05) is 46.0 Å². The van der Waals surface area contributed by atoms with Crippen LogP contribution in [0.15, 0.2) is 41.5 Å². The van der Waals surface area contributed by atoms with Gasteiger partial charge in [-0.15, -0.1) is 0 Å². The highest BCUT2D eigenvalue weighted by molar-refractivity contribution is 7.61. The number of hydrogen-bond donors (Lipinski definition) is 0. The minimum atomic E-state index is -2.44. The molecule has 0 saturated carbocycles. The number of amides is 1. The van der Waals surface area contributed by atoms with Gasteiger partial charge in [-0.2, -0.15) is 0 Å². The Hall–Kier alpha value is -3.32. The van der Waals surface area contributed by atoms with Crippen LogP contribution in [0.3, 0.4) is 0 Å². The topological polar surface area (TPSA) is 93.9 Å². The average Bonchev–Trinajstić information content (AvgIpc) is 2.78. The van der Waals surface area contributed by atoms with Gasteiger partial charge in [-0.3, -0.25) is 19.6 Å². The molecule has 35 heavy (non-hydrogen) atoms. The van der Waals surface area contributed by atoms with Crippen LogP contribution in [0.5, 0.6) is 5.75 Å². The van der Waals surface area contributed by atoms with E-state index in [4.69, 9.17) is 4.74 Å². The first-order valence-corrected chi connectivity index (χ1v) is 14.1. The molecule has 1 aliphatic rings. The van der Waals surface area contributed by atoms with Crippen LogP contribution in [-0.2, 0) is 28.5 Å². The van der Waals surface area contributed by atoms with Gasteiger partial charge in [0.2, 0.25) is 0 Å². The third-order valence-corrected chi connectivity index (χ3v) is 6.99. The second kappa shape index (κ2) is 9.74. The number of aromatic nitrogens is 2. The molecule has 8 nitrogen and oxygen atoms in total. The van der Waals surface area contributed by atoms with Crippen molar-refractivity contribution in [3.8, 4) is 5.75 Å². The molecule has 10 heteroatoms. The maximum atomic E-state index is 13.7. The molecule has 184 valence electrons. The molecule has 1 amide bonds. The minimum Gasteiger partial charge on any atom is -0.422 e. The van der Waals surface area contributed by atoms with Gasteiger partial charge in [-0.05, 0) is 49.1 Å². The molecule has 0 bridgehead atoms. The Labute approximate surface area is 202 Å². The van der Waals surface area contributed by atoms with E-state index < -0.39 is 13.1 Å². The third-order valence-electron chi connectivity index (χ3n) is 5.89. The summed E-state index contributed by atoms with van der Waals surface area (Å²) >= 11 is 0. The van der Waals surface area contributed by atoms with E-state index in [9.17, 15) is 18.5 Å². The molecular formula is C25H28FN4O4P. The smallest absolute Gasteiger partial charge is 0.308 e. The van der Waals surface area contributed by atoms with Crippen LogP contribution in [0.2, 0.25) is 0 Å². The van der Waals surface area contributed by atoms with Gasteiger partial charge in [0.25, 0.3) is 5.91 Å². The first-order valence-electron chi connectivity index (χ1n) is 11.3. The Bertz CT molecular complexity index is 1430. The van der Waals surface area contributed by atoms with Crippen molar-refractivity contribution in [3.05, 3.63) is 64.7 Å². The van der Waals surface area contributed by atoms with E-state index >= 15 is 0 Å². The molecule has 0 spiro atoms. The summed E-state index contributed by atoms with van der Waals surface area (Å²) in [6.45, 7) is 5.98. The van der Waals surface area contributed by atoms with Crippen LogP contribution >= 0.6 is 7.14 Å². The molecular weight excluding hydrogens is 470 g/mol. The number of pyridine rings is 2. The van der Waals surface area contributed by atoms with Gasteiger partial charge in [0.05, 0.1) is 12.5 Å². The summed E-state index contributed by atoms with van der Waals surface area (Å²) in [6, 6.07) is 7.98. The van der Waals surface area contributed by atoms with Crippen molar-refractivity contribution in [1.29, 1.82) is 0 Å². The van der Waals surface area contributed by atoms with Crippen molar-refractivity contribution < 1.29 is 23.3 Å². The molecule has 0 unspecified atom stereocenters. The number of carbonyl (C=O) groups is 2. The normalized spacial score (nSPS) is 14.4. The largest absolute Gasteiger partial charge is 0.422 e. The maximum Gasteiger partial charge on any atom is 0.308 e. The quantitative estimate of drug-likeness (QED) is 0.383. The monoisotopic (exact) mass is 498 g/mol. The van der Waals surface area contributed by atoms with Crippen LogP contribution in [0.25, 0.3) is 10.9 Å². The molecule has 0 aliphatic carbocycles. The fourth-order valence-corrected chi connectivity index (χ4v) is 5.53. The summed E-state index contributed by atoms with van der Waals surface area (Å²) in [6.07, 6.45) is 2.44. The van der Waals surface area contributed by atoms with Crippen molar-refractivity contribution in [3.63, 3.8) is 0 Å². The number of esters is 1. The molecule has 0 radical (unpaired) electrons. The van der Waals surface area contributed by atoms with Crippen LogP contribution in [0.1, 0.15) is 28.5 Å². The molecule has 1 aliphatic heterocycles. The third kappa shape index (κ3) is 5.20. The van der Waals surface area contributed by atoms with Crippen LogP contribution in [-0.4, -0.2) is 59.8 Å². The summed E-state index contributed by atoms with van der Waals surface area (Å²) in [5, 5.41) is 0.631. The van der Waals surface area contributed by atoms with Gasteiger partial charge >= 0.3 is 5.97 Å². The molecule has 3 heterocycles. The minimum absolute atomic E-state index is 0.0836. The molecule has 0 N–H and O–H groups in total. The summed E-state index contributed by atoms with van der Waals surface area (Å²) in [7, 11) is -0.810. The zero-order valence-electron chi connectivity index (χ0n) is 20.2. The number of carbonyl (C=O) groups excluding carboxylic acids is 2. The van der Waals surface area contributed by atoms with Crippen molar-refractivity contribution in [2.45, 2.75) is 26.1 Å². The van der Waals surface area contributed by atoms with E-state index in [1.807, 2.05) is 0 Å². The van der Waals surface area contributed by atoms with Crippen LogP contribution in [0, 0.1) is 5.82 Å². The lowest BCUT2D eigenvalue weighted by Gasteiger charge is -2.32. The van der Waals surface area contributed by atoms with E-state index in [2.05, 4.69) is 9.98 Å². The molecule has 0 fully saturated rings. The molecule has 4 rings (SSSR count). The van der Waals surface area contributed by atoms with E-state index in [0.29, 0.717) is 48.6 Å². The molecule has 1 aromatic carbocycles. The summed E-state index contributed by atoms with van der Waals surface area (Å²) in [4.78, 5) is 36.3. The van der Waals surface area contributed by atoms with E-state index in [-0.39, 0.29) is 23.2 Å². The SMILES string of the molecule is CN=c1c2c(CP(C)(C)=O)ccnc2c(OC(C)=O)c2n1CCN(CCc1ccc(F)cc1)C2=O. The Morgan fingerprint density at radius 3 is 2.54 bits per heavy atom. The number of nitrogens with zero attached hydrogens (tertiary/aromatic N) is 4. The lowest BCUT2D eigenvalue weighted by Crippen LogP contribution is -2.46. The lowest BCUT2D eigenvalue weighted by atomic mass is 10.1. The fraction of sp³-hybridized carbons (Fsp3) is 0.360. The maximum absolute atomic E-state index is 13.7. The second-order valence-corrected chi connectivity index (χ2v) is 12.5. The predicted molar refractivity (Wildman–Crippen MR) is 132 cm³/mol. The van der Waals surface area contributed by atoms with Crippen LogP contribution < -0.4 is 10.2 Å². The summed E-state index contributed by atoms with van der Waals surface area (Å²) < 4.78 is 33.2. The average molecular weight is 498 g/mol. The fourth-order valence-electron chi connectivity index (χ4n) is 4.44. The Morgan fingerprint density at radius 1 is 1.20 bits per heavy atom. The first-order chi connectivity index (χ1) is 16.6. The summed E-state index contributed by atoms with van der Waals surface area (Å²) in [5.74, 6) is -1.10. The number of hydrogen-bond acceptors (Lipinski definition) is 6. The zero-order valence-corrected chi connectivity index (χ0v) is 21.1. The van der Waals surface area contributed by atoms with Gasteiger partial charge in [0.1, 0.15) is 16.8 Å². The van der Waals surface area contributed by atoms with Gasteiger partial charge < -0.3 is 18.8 Å². The highest BCUT2D eigenvalue weighted by Gasteiger charge is 2.32. The zero-order chi connectivity index (χ0) is 25.3. The van der Waals surface area contributed by atoms with E-state index in [1.54, 1.807) is 54.2 Å². The van der Waals surface area contributed by atoms with E-state index in [0.717, 1.165) is 11.1 Å². The van der Waals surface area contributed by atoms with Crippen molar-refractivity contribution in [1.82, 2.24) is 14.5 Å². The van der Waals surface area contributed by atoms with Gasteiger partial charge in [0.15, 0.2) is 11.4 Å². The van der Waals surface area contributed by atoms with Crippen LogP contribution in [0.4, 0.5) is 4.39 Å².